The molecule has 6 nitrogen and oxygen atoms in total. The van der Waals surface area contributed by atoms with Crippen LogP contribution in [0.2, 0.25) is 0 Å². The summed E-state index contributed by atoms with van der Waals surface area (Å²) in [6.07, 6.45) is 3.09. The van der Waals surface area contributed by atoms with Gasteiger partial charge in [-0.1, -0.05) is 18.9 Å². The fraction of sp³-hybridized carbons (Fsp3) is 0.500. The van der Waals surface area contributed by atoms with Gasteiger partial charge in [-0.15, -0.1) is 0 Å². The Morgan fingerprint density at radius 2 is 1.75 bits per heavy atom. The molecule has 1 aliphatic carbocycles. The van der Waals surface area contributed by atoms with E-state index in [1.165, 1.54) is 18.2 Å². The van der Waals surface area contributed by atoms with Crippen molar-refractivity contribution in [1.82, 2.24) is 0 Å². The maximum Gasteiger partial charge on any atom is 0.238 e. The number of aryl methyl sites for hydroxylation is 1. The molecule has 1 saturated carbocycles. The van der Waals surface area contributed by atoms with E-state index in [-0.39, 0.29) is 10.6 Å². The molecule has 1 fully saturated rings. The first kappa shape index (κ1) is 15.3. The van der Waals surface area contributed by atoms with Gasteiger partial charge in [0.25, 0.3) is 0 Å². The van der Waals surface area contributed by atoms with Gasteiger partial charge >= 0.3 is 0 Å². The van der Waals surface area contributed by atoms with Crippen molar-refractivity contribution in [1.29, 1.82) is 0 Å². The van der Waals surface area contributed by atoms with Gasteiger partial charge in [0.15, 0.2) is 0 Å². The summed E-state index contributed by atoms with van der Waals surface area (Å²) in [6, 6.07) is 4.15. The fourth-order valence-corrected chi connectivity index (χ4v) is 4.51. The van der Waals surface area contributed by atoms with Crippen molar-refractivity contribution in [3.63, 3.8) is 0 Å². The molecule has 0 bridgehead atoms. The van der Waals surface area contributed by atoms with Crippen LogP contribution in [0, 0.1) is 6.92 Å². The Hall–Kier alpha value is -1.12. The third kappa shape index (κ3) is 3.31. The number of hydrogen-bond acceptors (Lipinski definition) is 4. The highest BCUT2D eigenvalue weighted by atomic mass is 32.2. The molecule has 2 rings (SSSR count). The van der Waals surface area contributed by atoms with E-state index in [0.29, 0.717) is 18.4 Å². The SMILES string of the molecule is Cc1ccc(S(N)(=O)=O)cc1NS(=O)(=O)C1CCCC1. The van der Waals surface area contributed by atoms with Crippen LogP contribution in [0.5, 0.6) is 0 Å². The summed E-state index contributed by atoms with van der Waals surface area (Å²) in [4.78, 5) is -0.104. The Morgan fingerprint density at radius 1 is 1.15 bits per heavy atom. The summed E-state index contributed by atoms with van der Waals surface area (Å²) in [5.74, 6) is 0. The first-order valence-corrected chi connectivity index (χ1v) is 9.44. The van der Waals surface area contributed by atoms with Crippen molar-refractivity contribution >= 4 is 25.7 Å². The number of nitrogens with two attached hydrogens (primary N) is 1. The second kappa shape index (κ2) is 5.34. The summed E-state index contributed by atoms with van der Waals surface area (Å²) in [5.41, 5.74) is 0.919. The number of nitrogens with one attached hydrogen (secondary N) is 1. The normalized spacial score (nSPS) is 17.3. The third-order valence-corrected chi connectivity index (χ3v) is 6.30. The Morgan fingerprint density at radius 3 is 2.30 bits per heavy atom. The van der Waals surface area contributed by atoms with Gasteiger partial charge in [0.1, 0.15) is 0 Å². The molecule has 0 saturated heterocycles. The molecule has 0 spiro atoms. The van der Waals surface area contributed by atoms with E-state index in [2.05, 4.69) is 4.72 Å². The quantitative estimate of drug-likeness (QED) is 0.873. The van der Waals surface area contributed by atoms with Gasteiger partial charge < -0.3 is 0 Å². The minimum Gasteiger partial charge on any atom is -0.283 e. The van der Waals surface area contributed by atoms with E-state index in [1.807, 2.05) is 0 Å². The predicted molar refractivity (Wildman–Crippen MR) is 77.4 cm³/mol. The van der Waals surface area contributed by atoms with E-state index in [0.717, 1.165) is 12.8 Å². The zero-order valence-corrected chi connectivity index (χ0v) is 12.8. The van der Waals surface area contributed by atoms with E-state index >= 15 is 0 Å². The molecule has 0 heterocycles. The summed E-state index contributed by atoms with van der Waals surface area (Å²) in [5, 5.41) is 4.65. The standard InChI is InChI=1S/C12H18N2O4S2/c1-9-6-7-11(19(13,15)16)8-12(9)14-20(17,18)10-4-2-3-5-10/h6-8,10,14H,2-5H2,1H3,(H2,13,15,16). The molecule has 1 aliphatic rings. The molecule has 8 heteroatoms. The topological polar surface area (TPSA) is 106 Å². The lowest BCUT2D eigenvalue weighted by Crippen LogP contribution is -2.25. The molecule has 0 aliphatic heterocycles. The van der Waals surface area contributed by atoms with Gasteiger partial charge in [0.2, 0.25) is 20.0 Å². The number of sulfonamides is 2. The summed E-state index contributed by atoms with van der Waals surface area (Å²) in [7, 11) is -7.33. The molecular formula is C12H18N2O4S2. The Labute approximate surface area is 119 Å². The fourth-order valence-electron chi connectivity index (χ4n) is 2.32. The largest absolute Gasteiger partial charge is 0.283 e. The number of anilines is 1. The van der Waals surface area contributed by atoms with Crippen molar-refractivity contribution < 1.29 is 16.8 Å². The zero-order chi connectivity index (χ0) is 15.0. The Balaban J connectivity index is 2.33. The van der Waals surface area contributed by atoms with E-state index in [1.54, 1.807) is 6.92 Å². The van der Waals surface area contributed by atoms with Gasteiger partial charge in [-0.2, -0.15) is 0 Å². The Kier molecular flexibility index (Phi) is 4.08. The second-order valence-corrected chi connectivity index (χ2v) is 8.60. The van der Waals surface area contributed by atoms with Crippen LogP contribution in [0.3, 0.4) is 0 Å². The van der Waals surface area contributed by atoms with Crippen molar-refractivity contribution in [2.75, 3.05) is 4.72 Å². The average molecular weight is 318 g/mol. The maximum absolute atomic E-state index is 12.2. The smallest absolute Gasteiger partial charge is 0.238 e. The van der Waals surface area contributed by atoms with Gasteiger partial charge in [-0.05, 0) is 37.5 Å². The van der Waals surface area contributed by atoms with Gasteiger partial charge in [0.05, 0.1) is 15.8 Å². The second-order valence-electron chi connectivity index (χ2n) is 5.08. The molecule has 112 valence electrons. The van der Waals surface area contributed by atoms with E-state index in [4.69, 9.17) is 5.14 Å². The van der Waals surface area contributed by atoms with Crippen molar-refractivity contribution in [2.24, 2.45) is 5.14 Å². The van der Waals surface area contributed by atoms with Crippen molar-refractivity contribution in [3.05, 3.63) is 23.8 Å². The highest BCUT2D eigenvalue weighted by Crippen LogP contribution is 2.28. The summed E-state index contributed by atoms with van der Waals surface area (Å²) < 4.78 is 49.6. The van der Waals surface area contributed by atoms with Crippen LogP contribution in [0.15, 0.2) is 23.1 Å². The first-order valence-electron chi connectivity index (χ1n) is 6.35. The van der Waals surface area contributed by atoms with Gasteiger partial charge in [0, 0.05) is 0 Å². The minimum atomic E-state index is -3.85. The first-order chi connectivity index (χ1) is 9.20. The molecule has 1 aromatic rings. The molecule has 20 heavy (non-hydrogen) atoms. The van der Waals surface area contributed by atoms with Crippen LogP contribution in [-0.2, 0) is 20.0 Å². The molecular weight excluding hydrogens is 300 g/mol. The molecule has 3 N–H and O–H groups in total. The predicted octanol–water partition coefficient (Wildman–Crippen LogP) is 1.33. The van der Waals surface area contributed by atoms with Crippen LogP contribution in [0.4, 0.5) is 5.69 Å². The van der Waals surface area contributed by atoms with Crippen LogP contribution in [-0.4, -0.2) is 22.1 Å². The lowest BCUT2D eigenvalue weighted by atomic mass is 10.2. The monoisotopic (exact) mass is 318 g/mol. The lowest BCUT2D eigenvalue weighted by molar-refractivity contribution is 0.584. The molecule has 0 unspecified atom stereocenters. The number of rotatable bonds is 4. The highest BCUT2D eigenvalue weighted by molar-refractivity contribution is 7.93. The summed E-state index contributed by atoms with van der Waals surface area (Å²) >= 11 is 0. The van der Waals surface area contributed by atoms with Crippen LogP contribution < -0.4 is 9.86 Å². The number of primary sulfonamides is 1. The molecule has 0 amide bonds. The maximum atomic E-state index is 12.2. The Bertz CT molecular complexity index is 705. The van der Waals surface area contributed by atoms with E-state index in [9.17, 15) is 16.8 Å². The molecule has 0 aromatic heterocycles. The molecule has 1 aromatic carbocycles. The highest BCUT2D eigenvalue weighted by Gasteiger charge is 2.29. The van der Waals surface area contributed by atoms with E-state index < -0.39 is 25.3 Å². The minimum absolute atomic E-state index is 0.104. The molecule has 0 atom stereocenters. The van der Waals surface area contributed by atoms with Crippen LogP contribution in [0.25, 0.3) is 0 Å². The number of benzene rings is 1. The summed E-state index contributed by atoms with van der Waals surface area (Å²) in [6.45, 7) is 1.71. The number of hydrogen-bond donors (Lipinski definition) is 2. The van der Waals surface area contributed by atoms with Crippen molar-refractivity contribution in [2.45, 2.75) is 42.8 Å². The average Bonchev–Trinajstić information content (AvgIpc) is 2.84. The lowest BCUT2D eigenvalue weighted by Gasteiger charge is -2.15. The van der Waals surface area contributed by atoms with Gasteiger partial charge in [-0.3, -0.25) is 4.72 Å². The van der Waals surface area contributed by atoms with Gasteiger partial charge in [-0.25, -0.2) is 22.0 Å². The van der Waals surface area contributed by atoms with Crippen LogP contribution in [0.1, 0.15) is 31.2 Å². The van der Waals surface area contributed by atoms with Crippen LogP contribution >= 0.6 is 0 Å². The zero-order valence-electron chi connectivity index (χ0n) is 11.2. The third-order valence-electron chi connectivity index (χ3n) is 3.53. The molecule has 0 radical (unpaired) electrons. The van der Waals surface area contributed by atoms with Crippen molar-refractivity contribution in [3.8, 4) is 0 Å².